The summed E-state index contributed by atoms with van der Waals surface area (Å²) in [6, 6.07) is 0. The van der Waals surface area contributed by atoms with Crippen molar-refractivity contribution in [3.05, 3.63) is 0 Å². The predicted molar refractivity (Wildman–Crippen MR) is 66.8 cm³/mol. The van der Waals surface area contributed by atoms with Crippen molar-refractivity contribution in [3.8, 4) is 0 Å². The van der Waals surface area contributed by atoms with Crippen LogP contribution in [0.3, 0.4) is 0 Å². The van der Waals surface area contributed by atoms with Gasteiger partial charge in [0.2, 0.25) is 0 Å². The first kappa shape index (κ1) is 13.0. The molecule has 1 fully saturated rings. The van der Waals surface area contributed by atoms with Crippen LogP contribution in [0.15, 0.2) is 0 Å². The number of likely N-dealkylation sites (N-methyl/N-ethyl adjacent to an activating group) is 1. The highest BCUT2D eigenvalue weighted by atomic mass is 15.2. The number of nitrogens with two attached hydrogens (primary N) is 1. The predicted octanol–water partition coefficient (Wildman–Crippen LogP) is 2.34. The Morgan fingerprint density at radius 2 is 2.00 bits per heavy atom. The van der Waals surface area contributed by atoms with Gasteiger partial charge in [0.1, 0.15) is 0 Å². The minimum atomic E-state index is 0.191. The van der Waals surface area contributed by atoms with Gasteiger partial charge in [0.05, 0.1) is 0 Å². The summed E-state index contributed by atoms with van der Waals surface area (Å²) in [5, 5.41) is 0. The van der Waals surface area contributed by atoms with Gasteiger partial charge in [-0.15, -0.1) is 0 Å². The molecule has 0 aromatic carbocycles. The Kier molecular flexibility index (Phi) is 4.19. The van der Waals surface area contributed by atoms with Crippen LogP contribution in [0.25, 0.3) is 0 Å². The molecule has 2 N–H and O–H groups in total. The second-order valence-corrected chi connectivity index (χ2v) is 6.15. The van der Waals surface area contributed by atoms with E-state index in [4.69, 9.17) is 5.73 Å². The summed E-state index contributed by atoms with van der Waals surface area (Å²) in [7, 11) is 2.24. The fraction of sp³-hybridized carbons (Fsp3) is 1.00. The SMILES string of the molecule is CC(C)CC(C)(CN)N(C)CC1CC1C. The molecule has 0 radical (unpaired) electrons. The molecule has 1 saturated carbocycles. The Morgan fingerprint density at radius 1 is 1.47 bits per heavy atom. The maximum Gasteiger partial charge on any atom is 0.0303 e. The average Bonchev–Trinajstić information content (AvgIpc) is 2.80. The first-order chi connectivity index (χ1) is 6.89. The quantitative estimate of drug-likeness (QED) is 0.732. The third kappa shape index (κ3) is 3.46. The van der Waals surface area contributed by atoms with Crippen molar-refractivity contribution in [2.45, 2.75) is 46.1 Å². The number of rotatable bonds is 6. The van der Waals surface area contributed by atoms with Crippen molar-refractivity contribution in [1.82, 2.24) is 4.90 Å². The van der Waals surface area contributed by atoms with E-state index in [1.54, 1.807) is 0 Å². The topological polar surface area (TPSA) is 29.3 Å². The van der Waals surface area contributed by atoms with Gasteiger partial charge in [-0.2, -0.15) is 0 Å². The van der Waals surface area contributed by atoms with Crippen LogP contribution in [0.2, 0.25) is 0 Å². The average molecular weight is 212 g/mol. The Hall–Kier alpha value is -0.0800. The normalized spacial score (nSPS) is 29.6. The van der Waals surface area contributed by atoms with Crippen LogP contribution in [0.1, 0.15) is 40.5 Å². The highest BCUT2D eigenvalue weighted by molar-refractivity contribution is 4.92. The van der Waals surface area contributed by atoms with Crippen molar-refractivity contribution in [2.75, 3.05) is 20.1 Å². The molecule has 2 heteroatoms. The first-order valence-electron chi connectivity index (χ1n) is 6.30. The van der Waals surface area contributed by atoms with E-state index in [0.717, 1.165) is 24.3 Å². The second-order valence-electron chi connectivity index (χ2n) is 6.15. The molecule has 0 heterocycles. The molecule has 15 heavy (non-hydrogen) atoms. The van der Waals surface area contributed by atoms with Gasteiger partial charge in [-0.1, -0.05) is 20.8 Å². The van der Waals surface area contributed by atoms with Gasteiger partial charge in [0, 0.05) is 18.6 Å². The van der Waals surface area contributed by atoms with E-state index >= 15 is 0 Å². The molecule has 2 nitrogen and oxygen atoms in total. The molecule has 0 saturated heterocycles. The minimum Gasteiger partial charge on any atom is -0.329 e. The largest absolute Gasteiger partial charge is 0.329 e. The van der Waals surface area contributed by atoms with E-state index in [2.05, 4.69) is 39.6 Å². The van der Waals surface area contributed by atoms with Crippen molar-refractivity contribution in [3.63, 3.8) is 0 Å². The molecule has 1 aliphatic carbocycles. The van der Waals surface area contributed by atoms with Gasteiger partial charge in [-0.3, -0.25) is 4.90 Å². The summed E-state index contributed by atoms with van der Waals surface area (Å²) in [5.41, 5.74) is 6.14. The van der Waals surface area contributed by atoms with E-state index in [1.165, 1.54) is 19.4 Å². The molecule has 0 aromatic heterocycles. The number of hydrogen-bond acceptors (Lipinski definition) is 2. The van der Waals surface area contributed by atoms with E-state index in [-0.39, 0.29) is 5.54 Å². The molecule has 0 aliphatic heterocycles. The van der Waals surface area contributed by atoms with Crippen LogP contribution in [0.4, 0.5) is 0 Å². The third-order valence-electron chi connectivity index (χ3n) is 3.99. The molecule has 1 aliphatic rings. The molecule has 0 bridgehead atoms. The zero-order valence-electron chi connectivity index (χ0n) is 11.1. The minimum absolute atomic E-state index is 0.191. The van der Waals surface area contributed by atoms with Gasteiger partial charge in [0.15, 0.2) is 0 Å². The molecule has 0 amide bonds. The van der Waals surface area contributed by atoms with E-state index in [0.29, 0.717) is 0 Å². The van der Waals surface area contributed by atoms with Crippen LogP contribution in [0.5, 0.6) is 0 Å². The van der Waals surface area contributed by atoms with Crippen LogP contribution < -0.4 is 5.73 Å². The lowest BCUT2D eigenvalue weighted by molar-refractivity contribution is 0.112. The smallest absolute Gasteiger partial charge is 0.0303 e. The molecule has 0 aromatic rings. The molecule has 0 spiro atoms. The van der Waals surface area contributed by atoms with E-state index < -0.39 is 0 Å². The second kappa shape index (κ2) is 4.84. The Bertz CT molecular complexity index is 203. The maximum absolute atomic E-state index is 5.95. The summed E-state index contributed by atoms with van der Waals surface area (Å²) in [6.45, 7) is 11.2. The van der Waals surface area contributed by atoms with Crippen LogP contribution >= 0.6 is 0 Å². The highest BCUT2D eigenvalue weighted by Crippen LogP contribution is 2.39. The monoisotopic (exact) mass is 212 g/mol. The highest BCUT2D eigenvalue weighted by Gasteiger charge is 2.37. The van der Waals surface area contributed by atoms with Gasteiger partial charge < -0.3 is 5.73 Å². The van der Waals surface area contributed by atoms with Crippen molar-refractivity contribution in [1.29, 1.82) is 0 Å². The fourth-order valence-corrected chi connectivity index (χ4v) is 2.50. The Morgan fingerprint density at radius 3 is 2.33 bits per heavy atom. The van der Waals surface area contributed by atoms with Crippen LogP contribution in [-0.2, 0) is 0 Å². The maximum atomic E-state index is 5.95. The van der Waals surface area contributed by atoms with E-state index in [9.17, 15) is 0 Å². The first-order valence-corrected chi connectivity index (χ1v) is 6.30. The third-order valence-corrected chi connectivity index (χ3v) is 3.99. The molecule has 3 unspecified atom stereocenters. The van der Waals surface area contributed by atoms with E-state index in [1.807, 2.05) is 0 Å². The Balaban J connectivity index is 2.47. The summed E-state index contributed by atoms with van der Waals surface area (Å²) in [5.74, 6) is 2.58. The van der Waals surface area contributed by atoms with Gasteiger partial charge in [-0.05, 0) is 44.6 Å². The van der Waals surface area contributed by atoms with Crippen LogP contribution in [0, 0.1) is 17.8 Å². The van der Waals surface area contributed by atoms with Crippen molar-refractivity contribution < 1.29 is 0 Å². The van der Waals surface area contributed by atoms with Gasteiger partial charge in [0.25, 0.3) is 0 Å². The van der Waals surface area contributed by atoms with Gasteiger partial charge in [-0.25, -0.2) is 0 Å². The fourth-order valence-electron chi connectivity index (χ4n) is 2.50. The van der Waals surface area contributed by atoms with Crippen LogP contribution in [-0.4, -0.2) is 30.6 Å². The van der Waals surface area contributed by atoms with Crippen molar-refractivity contribution >= 4 is 0 Å². The molecule has 90 valence electrons. The lowest BCUT2D eigenvalue weighted by atomic mass is 9.89. The summed E-state index contributed by atoms with van der Waals surface area (Å²) < 4.78 is 0. The zero-order chi connectivity index (χ0) is 11.6. The Labute approximate surface area is 95.2 Å². The summed E-state index contributed by atoms with van der Waals surface area (Å²) in [6.07, 6.45) is 2.60. The summed E-state index contributed by atoms with van der Waals surface area (Å²) >= 11 is 0. The molecule has 3 atom stereocenters. The lowest BCUT2D eigenvalue weighted by Crippen LogP contribution is -2.51. The standard InChI is InChI=1S/C13H28N2/c1-10(2)7-13(4,9-14)15(5)8-12-6-11(12)3/h10-12H,6-9,14H2,1-5H3. The van der Waals surface area contributed by atoms with Crippen molar-refractivity contribution in [2.24, 2.45) is 23.5 Å². The lowest BCUT2D eigenvalue weighted by Gasteiger charge is -2.39. The number of nitrogens with zero attached hydrogens (tertiary/aromatic N) is 1. The molecular weight excluding hydrogens is 184 g/mol. The zero-order valence-corrected chi connectivity index (χ0v) is 11.1. The molecule has 1 rings (SSSR count). The summed E-state index contributed by atoms with van der Waals surface area (Å²) in [4.78, 5) is 2.49. The van der Waals surface area contributed by atoms with Gasteiger partial charge >= 0.3 is 0 Å². The molecular formula is C13H28N2. The number of hydrogen-bond donors (Lipinski definition) is 1.